The minimum atomic E-state index is -0.282. The predicted molar refractivity (Wildman–Crippen MR) is 71.4 cm³/mol. The number of nitrogens with zero attached hydrogens (tertiary/aromatic N) is 2. The first kappa shape index (κ1) is 14.2. The van der Waals surface area contributed by atoms with Crippen LogP contribution in [-0.2, 0) is 11.8 Å². The third-order valence-electron chi connectivity index (χ3n) is 2.32. The Hall–Kier alpha value is -0.880. The molecule has 6 heteroatoms. The Balaban J connectivity index is 2.77. The van der Waals surface area contributed by atoms with Crippen LogP contribution in [0.3, 0.4) is 0 Å². The molecule has 96 valence electrons. The Kier molecular flexibility index (Phi) is 4.70. The van der Waals surface area contributed by atoms with Gasteiger partial charge in [0.25, 0.3) is 5.56 Å². The maximum Gasteiger partial charge on any atom is 0.282 e. The van der Waals surface area contributed by atoms with Gasteiger partial charge in [0, 0.05) is 20.2 Å². The summed E-state index contributed by atoms with van der Waals surface area (Å²) in [6, 6.07) is 0. The van der Waals surface area contributed by atoms with E-state index in [0.29, 0.717) is 23.3 Å². The Bertz CT molecular complexity index is 443. The molecule has 0 aliphatic heterocycles. The third-order valence-corrected chi connectivity index (χ3v) is 3.08. The summed E-state index contributed by atoms with van der Waals surface area (Å²) in [6.45, 7) is 7.20. The Morgan fingerprint density at radius 2 is 2.24 bits per heavy atom. The van der Waals surface area contributed by atoms with E-state index in [4.69, 9.17) is 4.74 Å². The molecule has 0 aliphatic carbocycles. The molecular weight excluding hydrogens is 286 g/mol. The number of rotatable bonds is 5. The van der Waals surface area contributed by atoms with Crippen molar-refractivity contribution in [3.8, 4) is 0 Å². The van der Waals surface area contributed by atoms with Gasteiger partial charge in [-0.2, -0.15) is 5.10 Å². The lowest BCUT2D eigenvalue weighted by Crippen LogP contribution is -2.34. The SMILES string of the molecule is CCOC(C)(C)CNc1cnn(C)c(=O)c1Br. The van der Waals surface area contributed by atoms with Gasteiger partial charge in [-0.1, -0.05) is 0 Å². The molecule has 0 aromatic carbocycles. The van der Waals surface area contributed by atoms with Gasteiger partial charge >= 0.3 is 0 Å². The van der Waals surface area contributed by atoms with Gasteiger partial charge in [-0.25, -0.2) is 4.68 Å². The molecule has 1 aromatic heterocycles. The molecule has 1 rings (SSSR count). The summed E-state index contributed by atoms with van der Waals surface area (Å²) in [5.41, 5.74) is 0.236. The molecule has 0 saturated heterocycles. The van der Waals surface area contributed by atoms with Gasteiger partial charge in [-0.05, 0) is 36.7 Å². The van der Waals surface area contributed by atoms with Crippen LogP contribution in [0.5, 0.6) is 0 Å². The number of nitrogens with one attached hydrogen (secondary N) is 1. The fourth-order valence-electron chi connectivity index (χ4n) is 1.38. The highest BCUT2D eigenvalue weighted by Crippen LogP contribution is 2.18. The molecule has 0 fully saturated rings. The first-order chi connectivity index (χ1) is 7.87. The molecule has 0 aliphatic rings. The van der Waals surface area contributed by atoms with Crippen molar-refractivity contribution in [2.24, 2.45) is 7.05 Å². The van der Waals surface area contributed by atoms with E-state index in [1.165, 1.54) is 4.68 Å². The van der Waals surface area contributed by atoms with Crippen LogP contribution >= 0.6 is 15.9 Å². The van der Waals surface area contributed by atoms with Crippen molar-refractivity contribution in [1.29, 1.82) is 0 Å². The van der Waals surface area contributed by atoms with Gasteiger partial charge < -0.3 is 10.1 Å². The fourth-order valence-corrected chi connectivity index (χ4v) is 1.88. The number of halogens is 1. The second-order valence-corrected chi connectivity index (χ2v) is 5.14. The zero-order chi connectivity index (χ0) is 13.1. The summed E-state index contributed by atoms with van der Waals surface area (Å²) in [5.74, 6) is 0. The largest absolute Gasteiger partial charge is 0.380 e. The minimum Gasteiger partial charge on any atom is -0.380 e. The van der Waals surface area contributed by atoms with Crippen LogP contribution in [0.1, 0.15) is 20.8 Å². The van der Waals surface area contributed by atoms with Crippen LogP contribution in [0.2, 0.25) is 0 Å². The van der Waals surface area contributed by atoms with E-state index in [1.54, 1.807) is 13.2 Å². The Labute approximate surface area is 109 Å². The lowest BCUT2D eigenvalue weighted by molar-refractivity contribution is 0.000681. The Morgan fingerprint density at radius 3 is 2.82 bits per heavy atom. The average Bonchev–Trinajstić information content (AvgIpc) is 2.25. The maximum atomic E-state index is 11.6. The van der Waals surface area contributed by atoms with Crippen molar-refractivity contribution >= 4 is 21.6 Å². The molecular formula is C11H18BrN3O2. The quantitative estimate of drug-likeness (QED) is 0.901. The van der Waals surface area contributed by atoms with Gasteiger partial charge in [0.1, 0.15) is 4.47 Å². The highest BCUT2D eigenvalue weighted by atomic mass is 79.9. The monoisotopic (exact) mass is 303 g/mol. The summed E-state index contributed by atoms with van der Waals surface area (Å²) < 4.78 is 7.33. The van der Waals surface area contributed by atoms with E-state index in [-0.39, 0.29) is 11.2 Å². The van der Waals surface area contributed by atoms with Gasteiger partial charge in [0.2, 0.25) is 0 Å². The van der Waals surface area contributed by atoms with E-state index < -0.39 is 0 Å². The molecule has 1 heterocycles. The number of hydrogen-bond donors (Lipinski definition) is 1. The van der Waals surface area contributed by atoms with Crippen LogP contribution in [0.25, 0.3) is 0 Å². The molecule has 0 spiro atoms. The highest BCUT2D eigenvalue weighted by Gasteiger charge is 2.18. The lowest BCUT2D eigenvalue weighted by Gasteiger charge is -2.25. The topological polar surface area (TPSA) is 56.1 Å². The molecule has 1 N–H and O–H groups in total. The Morgan fingerprint density at radius 1 is 1.59 bits per heavy atom. The molecule has 0 amide bonds. The summed E-state index contributed by atoms with van der Waals surface area (Å²) in [6.07, 6.45) is 1.62. The van der Waals surface area contributed by atoms with E-state index in [0.717, 1.165) is 0 Å². The zero-order valence-electron chi connectivity index (χ0n) is 10.6. The molecule has 0 bridgehead atoms. The minimum absolute atomic E-state index is 0.163. The van der Waals surface area contributed by atoms with Crippen LogP contribution in [0.15, 0.2) is 15.5 Å². The van der Waals surface area contributed by atoms with E-state index in [2.05, 4.69) is 26.3 Å². The van der Waals surface area contributed by atoms with Crippen molar-refractivity contribution in [3.63, 3.8) is 0 Å². The summed E-state index contributed by atoms with van der Waals surface area (Å²) in [4.78, 5) is 11.6. The number of anilines is 1. The summed E-state index contributed by atoms with van der Waals surface area (Å²) in [5, 5.41) is 7.12. The zero-order valence-corrected chi connectivity index (χ0v) is 12.2. The predicted octanol–water partition coefficient (Wildman–Crippen LogP) is 1.77. The standard InChI is InChI=1S/C11H18BrN3O2/c1-5-17-11(2,3)7-13-8-6-14-15(4)10(16)9(8)12/h6,13H,5,7H2,1-4H3. The molecule has 1 aromatic rings. The van der Waals surface area contributed by atoms with Gasteiger partial charge in [0.15, 0.2) is 0 Å². The molecule has 17 heavy (non-hydrogen) atoms. The number of aryl methyl sites for hydroxylation is 1. The molecule has 0 saturated carbocycles. The smallest absolute Gasteiger partial charge is 0.282 e. The first-order valence-corrected chi connectivity index (χ1v) is 6.26. The number of ether oxygens (including phenoxy) is 1. The van der Waals surface area contributed by atoms with Crippen LogP contribution in [0.4, 0.5) is 5.69 Å². The van der Waals surface area contributed by atoms with Gasteiger partial charge in [-0.15, -0.1) is 0 Å². The highest BCUT2D eigenvalue weighted by molar-refractivity contribution is 9.10. The molecule has 0 unspecified atom stereocenters. The van der Waals surface area contributed by atoms with E-state index in [9.17, 15) is 4.79 Å². The maximum absolute atomic E-state index is 11.6. The van der Waals surface area contributed by atoms with Crippen LogP contribution in [-0.4, -0.2) is 28.5 Å². The van der Waals surface area contributed by atoms with Crippen molar-refractivity contribution in [2.45, 2.75) is 26.4 Å². The number of hydrogen-bond acceptors (Lipinski definition) is 4. The fraction of sp³-hybridized carbons (Fsp3) is 0.636. The van der Waals surface area contributed by atoms with Crippen molar-refractivity contribution in [2.75, 3.05) is 18.5 Å². The first-order valence-electron chi connectivity index (χ1n) is 5.47. The molecule has 0 atom stereocenters. The van der Waals surface area contributed by atoms with Crippen LogP contribution < -0.4 is 10.9 Å². The average molecular weight is 304 g/mol. The van der Waals surface area contributed by atoms with Crippen molar-refractivity contribution in [3.05, 3.63) is 21.0 Å². The number of aromatic nitrogens is 2. The van der Waals surface area contributed by atoms with Gasteiger partial charge in [0.05, 0.1) is 17.5 Å². The second kappa shape index (κ2) is 5.64. The lowest BCUT2D eigenvalue weighted by atomic mass is 10.1. The molecule has 5 nitrogen and oxygen atoms in total. The van der Waals surface area contributed by atoms with Gasteiger partial charge in [-0.3, -0.25) is 4.79 Å². The van der Waals surface area contributed by atoms with E-state index >= 15 is 0 Å². The summed E-state index contributed by atoms with van der Waals surface area (Å²) in [7, 11) is 1.61. The van der Waals surface area contributed by atoms with E-state index in [1.807, 2.05) is 20.8 Å². The second-order valence-electron chi connectivity index (χ2n) is 4.35. The summed E-state index contributed by atoms with van der Waals surface area (Å²) >= 11 is 3.26. The van der Waals surface area contributed by atoms with Crippen molar-refractivity contribution < 1.29 is 4.74 Å². The van der Waals surface area contributed by atoms with Crippen LogP contribution in [0, 0.1) is 0 Å². The van der Waals surface area contributed by atoms with Crippen molar-refractivity contribution in [1.82, 2.24) is 9.78 Å². The molecule has 0 radical (unpaired) electrons. The third kappa shape index (κ3) is 3.81. The normalized spacial score (nSPS) is 11.6.